The Morgan fingerprint density at radius 2 is 2.03 bits per heavy atom. The lowest BCUT2D eigenvalue weighted by atomic mass is 9.96. The summed E-state index contributed by atoms with van der Waals surface area (Å²) in [7, 11) is 0. The van der Waals surface area contributed by atoms with E-state index in [1.807, 2.05) is 0 Å². The number of halogens is 3. The van der Waals surface area contributed by atoms with E-state index in [4.69, 9.17) is 4.74 Å². The Bertz CT molecular complexity index is 1020. The van der Waals surface area contributed by atoms with E-state index in [9.17, 15) is 32.9 Å². The maximum atomic E-state index is 12.9. The van der Waals surface area contributed by atoms with Crippen LogP contribution >= 0.6 is 11.3 Å². The number of nitro benzene ring substituents is 1. The average Bonchev–Trinajstić information content (AvgIpc) is 3.15. The van der Waals surface area contributed by atoms with E-state index in [-0.39, 0.29) is 31.6 Å². The van der Waals surface area contributed by atoms with Crippen molar-refractivity contribution in [1.29, 1.82) is 0 Å². The van der Waals surface area contributed by atoms with E-state index < -0.39 is 46.8 Å². The van der Waals surface area contributed by atoms with Crippen molar-refractivity contribution in [3.05, 3.63) is 45.0 Å². The van der Waals surface area contributed by atoms with Gasteiger partial charge in [0.2, 0.25) is 0 Å². The number of nitrogens with one attached hydrogen (secondary N) is 1. The largest absolute Gasteiger partial charge is 0.455 e. The van der Waals surface area contributed by atoms with Gasteiger partial charge >= 0.3 is 12.1 Å². The summed E-state index contributed by atoms with van der Waals surface area (Å²) < 4.78 is 43.7. The summed E-state index contributed by atoms with van der Waals surface area (Å²) in [4.78, 5) is 40.2. The molecule has 0 bridgehead atoms. The molecule has 1 aliphatic heterocycles. The third-order valence-corrected chi connectivity index (χ3v) is 5.75. The summed E-state index contributed by atoms with van der Waals surface area (Å²) in [5, 5.41) is 16.0. The van der Waals surface area contributed by atoms with Gasteiger partial charge < -0.3 is 9.64 Å². The predicted molar refractivity (Wildman–Crippen MR) is 109 cm³/mol. The minimum atomic E-state index is -4.69. The number of benzene rings is 1. The Kier molecular flexibility index (Phi) is 6.96. The third kappa shape index (κ3) is 5.72. The van der Waals surface area contributed by atoms with Gasteiger partial charge in [0, 0.05) is 24.5 Å². The van der Waals surface area contributed by atoms with Gasteiger partial charge in [0.05, 0.1) is 22.1 Å². The van der Waals surface area contributed by atoms with Crippen LogP contribution in [0.4, 0.5) is 29.7 Å². The number of aryl methyl sites for hydroxylation is 1. The first-order valence-electron chi connectivity index (χ1n) is 9.54. The number of thiazole rings is 1. The maximum absolute atomic E-state index is 12.9. The van der Waals surface area contributed by atoms with Crippen LogP contribution in [0.2, 0.25) is 0 Å². The zero-order valence-electron chi connectivity index (χ0n) is 16.8. The number of ether oxygens (including phenoxy) is 1. The monoisotopic (exact) mass is 472 g/mol. The van der Waals surface area contributed by atoms with Gasteiger partial charge in [-0.25, -0.2) is 4.98 Å². The molecule has 172 valence electrons. The molecule has 3 rings (SSSR count). The van der Waals surface area contributed by atoms with Gasteiger partial charge in [0.15, 0.2) is 11.7 Å². The lowest BCUT2D eigenvalue weighted by Gasteiger charge is -2.32. The van der Waals surface area contributed by atoms with Gasteiger partial charge in [0.1, 0.15) is 5.69 Å². The number of aromatic nitrogens is 1. The number of alkyl halides is 3. The van der Waals surface area contributed by atoms with Crippen LogP contribution in [0.25, 0.3) is 0 Å². The molecule has 1 aliphatic rings. The third-order valence-electron chi connectivity index (χ3n) is 4.88. The molecule has 1 aromatic heterocycles. The number of esters is 1. The highest BCUT2D eigenvalue weighted by Crippen LogP contribution is 2.37. The number of nitro groups is 1. The first-order chi connectivity index (χ1) is 15.0. The van der Waals surface area contributed by atoms with E-state index in [1.54, 1.807) is 17.2 Å². The summed E-state index contributed by atoms with van der Waals surface area (Å²) >= 11 is 1.24. The van der Waals surface area contributed by atoms with Gasteiger partial charge in [-0.1, -0.05) is 0 Å². The molecule has 0 unspecified atom stereocenters. The molecule has 1 fully saturated rings. The van der Waals surface area contributed by atoms with Gasteiger partial charge in [-0.05, 0) is 31.9 Å². The van der Waals surface area contributed by atoms with Crippen molar-refractivity contribution in [2.45, 2.75) is 25.9 Å². The smallest absolute Gasteiger partial charge is 0.416 e. The Morgan fingerprint density at radius 3 is 2.59 bits per heavy atom. The number of amides is 1. The summed E-state index contributed by atoms with van der Waals surface area (Å²) in [6, 6.07) is 2.38. The second-order valence-electron chi connectivity index (χ2n) is 7.17. The molecule has 0 spiro atoms. The van der Waals surface area contributed by atoms with Crippen molar-refractivity contribution in [2.24, 2.45) is 5.92 Å². The van der Waals surface area contributed by atoms with Crippen molar-refractivity contribution in [1.82, 2.24) is 4.98 Å². The molecular formula is C19H19F3N4O5S. The molecular weight excluding hydrogens is 453 g/mol. The summed E-state index contributed by atoms with van der Waals surface area (Å²) in [5.74, 6) is -1.61. The number of hydrogen-bond donors (Lipinski definition) is 1. The SMILES string of the molecule is Cc1csc(NC(=O)COC(=O)C2CCN(c3ccc(C(F)(F)F)cc3[N+](=O)[O-])CC2)n1. The standard InChI is InChI=1S/C19H19F3N4O5S/c1-11-10-32-18(23-11)24-16(27)9-31-17(28)12-4-6-25(7-5-12)14-3-2-13(19(20,21)22)8-15(14)26(29)30/h2-3,8,10,12H,4-7,9H2,1H3,(H,23,24,27). The Morgan fingerprint density at radius 1 is 1.34 bits per heavy atom. The molecule has 9 nitrogen and oxygen atoms in total. The lowest BCUT2D eigenvalue weighted by molar-refractivity contribution is -0.384. The molecule has 1 amide bonds. The number of piperidine rings is 1. The number of carbonyl (C=O) groups excluding carboxylic acids is 2. The van der Waals surface area contributed by atoms with Crippen molar-refractivity contribution in [3.63, 3.8) is 0 Å². The number of rotatable bonds is 6. The van der Waals surface area contributed by atoms with Gasteiger partial charge in [-0.3, -0.25) is 25.0 Å². The van der Waals surface area contributed by atoms with E-state index in [2.05, 4.69) is 10.3 Å². The molecule has 0 saturated carbocycles. The van der Waals surface area contributed by atoms with Crippen LogP contribution in [-0.4, -0.2) is 41.5 Å². The Hall–Kier alpha value is -3.22. The van der Waals surface area contributed by atoms with Crippen LogP contribution in [-0.2, 0) is 20.5 Å². The van der Waals surface area contributed by atoms with E-state index in [1.165, 1.54) is 11.3 Å². The molecule has 0 aliphatic carbocycles. The molecule has 1 aromatic carbocycles. The van der Waals surface area contributed by atoms with Crippen LogP contribution in [0.5, 0.6) is 0 Å². The van der Waals surface area contributed by atoms with Crippen molar-refractivity contribution < 1.29 is 32.4 Å². The fourth-order valence-corrected chi connectivity index (χ4v) is 4.00. The van der Waals surface area contributed by atoms with Crippen molar-refractivity contribution >= 4 is 39.7 Å². The second kappa shape index (κ2) is 9.51. The molecule has 0 radical (unpaired) electrons. The summed E-state index contributed by atoms with van der Waals surface area (Å²) in [6.45, 7) is 1.74. The summed E-state index contributed by atoms with van der Waals surface area (Å²) in [6.07, 6.45) is -4.13. The van der Waals surface area contributed by atoms with Crippen LogP contribution < -0.4 is 10.2 Å². The highest BCUT2D eigenvalue weighted by atomic mass is 32.1. The molecule has 2 aromatic rings. The number of nitrogens with zero attached hydrogens (tertiary/aromatic N) is 3. The zero-order chi connectivity index (χ0) is 23.5. The topological polar surface area (TPSA) is 115 Å². The minimum absolute atomic E-state index is 0.0629. The predicted octanol–water partition coefficient (Wildman–Crippen LogP) is 3.78. The maximum Gasteiger partial charge on any atom is 0.416 e. The van der Waals surface area contributed by atoms with E-state index >= 15 is 0 Å². The molecule has 1 saturated heterocycles. The Labute approximate surface area is 184 Å². The lowest BCUT2D eigenvalue weighted by Crippen LogP contribution is -2.37. The van der Waals surface area contributed by atoms with Crippen LogP contribution in [0.3, 0.4) is 0 Å². The highest BCUT2D eigenvalue weighted by molar-refractivity contribution is 7.13. The van der Waals surface area contributed by atoms with Crippen LogP contribution in [0.15, 0.2) is 23.6 Å². The van der Waals surface area contributed by atoms with E-state index in [0.29, 0.717) is 11.2 Å². The normalized spacial score (nSPS) is 14.8. The van der Waals surface area contributed by atoms with Crippen molar-refractivity contribution in [2.75, 3.05) is 29.9 Å². The van der Waals surface area contributed by atoms with E-state index in [0.717, 1.165) is 17.8 Å². The first kappa shape index (κ1) is 23.4. The molecule has 1 N–H and O–H groups in total. The zero-order valence-corrected chi connectivity index (χ0v) is 17.7. The molecule has 0 atom stereocenters. The van der Waals surface area contributed by atoms with Gasteiger partial charge in [0.25, 0.3) is 11.6 Å². The van der Waals surface area contributed by atoms with Crippen LogP contribution in [0.1, 0.15) is 24.1 Å². The second-order valence-corrected chi connectivity index (χ2v) is 8.03. The highest BCUT2D eigenvalue weighted by Gasteiger charge is 2.35. The molecule has 2 heterocycles. The van der Waals surface area contributed by atoms with Crippen LogP contribution in [0, 0.1) is 23.0 Å². The molecule has 13 heteroatoms. The quantitative estimate of drug-likeness (QED) is 0.387. The van der Waals surface area contributed by atoms with Gasteiger partial charge in [-0.15, -0.1) is 11.3 Å². The number of hydrogen-bond acceptors (Lipinski definition) is 8. The number of anilines is 2. The Balaban J connectivity index is 1.55. The summed E-state index contributed by atoms with van der Waals surface area (Å²) in [5.41, 5.74) is -0.928. The first-order valence-corrected chi connectivity index (χ1v) is 10.4. The van der Waals surface area contributed by atoms with Gasteiger partial charge in [-0.2, -0.15) is 13.2 Å². The molecule has 32 heavy (non-hydrogen) atoms. The number of carbonyl (C=O) groups is 2. The van der Waals surface area contributed by atoms with Crippen molar-refractivity contribution in [3.8, 4) is 0 Å². The minimum Gasteiger partial charge on any atom is -0.455 e. The fourth-order valence-electron chi connectivity index (χ4n) is 3.29. The fraction of sp³-hybridized carbons (Fsp3) is 0.421. The average molecular weight is 472 g/mol.